The number of carbonyl (C=O) groups excluding carboxylic acids is 3. The van der Waals surface area contributed by atoms with Crippen LogP contribution in [0.4, 0.5) is 0 Å². The molecule has 18 heavy (non-hydrogen) atoms. The Balaban J connectivity index is 2.90. The van der Waals surface area contributed by atoms with E-state index in [2.05, 4.69) is 0 Å². The van der Waals surface area contributed by atoms with Gasteiger partial charge in [0.15, 0.2) is 5.78 Å². The molecule has 98 valence electrons. The quantitative estimate of drug-likeness (QED) is 0.451. The molecule has 0 amide bonds. The van der Waals surface area contributed by atoms with Crippen molar-refractivity contribution in [2.24, 2.45) is 11.8 Å². The van der Waals surface area contributed by atoms with E-state index in [0.717, 1.165) is 0 Å². The van der Waals surface area contributed by atoms with Gasteiger partial charge in [-0.2, -0.15) is 11.3 Å². The number of hydrogen-bond donors (Lipinski definition) is 0. The fraction of sp³-hybridized carbons (Fsp3) is 0.462. The van der Waals surface area contributed by atoms with Gasteiger partial charge in [-0.05, 0) is 25.3 Å². The summed E-state index contributed by atoms with van der Waals surface area (Å²) in [6.07, 6.45) is 0. The van der Waals surface area contributed by atoms with Crippen molar-refractivity contribution in [1.29, 1.82) is 0 Å². The molecular weight excluding hydrogens is 252 g/mol. The average molecular weight is 268 g/mol. The maximum absolute atomic E-state index is 12.1. The number of Topliss-reactive ketones (excluding diaryl/α,β-unsaturated/α-hetero) is 2. The molecule has 1 aromatic heterocycles. The van der Waals surface area contributed by atoms with Gasteiger partial charge in [0.25, 0.3) is 0 Å². The third-order valence-corrected chi connectivity index (χ3v) is 3.38. The minimum Gasteiger partial charge on any atom is -0.465 e. The third-order valence-electron chi connectivity index (χ3n) is 2.70. The highest BCUT2D eigenvalue weighted by atomic mass is 32.1. The van der Waals surface area contributed by atoms with Gasteiger partial charge >= 0.3 is 5.97 Å². The Morgan fingerprint density at radius 1 is 1.39 bits per heavy atom. The van der Waals surface area contributed by atoms with Gasteiger partial charge in [-0.3, -0.25) is 14.4 Å². The molecule has 0 aliphatic heterocycles. The molecule has 0 fully saturated rings. The SMILES string of the molecule is CCOC(=O)[C@@H](C(C)=O)[C@@H](C)C(=O)c1ccsc1. The highest BCUT2D eigenvalue weighted by molar-refractivity contribution is 7.08. The zero-order valence-electron chi connectivity index (χ0n) is 10.6. The summed E-state index contributed by atoms with van der Waals surface area (Å²) in [6.45, 7) is 4.75. The van der Waals surface area contributed by atoms with Crippen LogP contribution in [-0.4, -0.2) is 24.1 Å². The first-order valence-electron chi connectivity index (χ1n) is 5.72. The van der Waals surface area contributed by atoms with Crippen LogP contribution in [0.25, 0.3) is 0 Å². The molecule has 0 saturated heterocycles. The van der Waals surface area contributed by atoms with Gasteiger partial charge in [-0.15, -0.1) is 0 Å². The van der Waals surface area contributed by atoms with Crippen LogP contribution in [0.1, 0.15) is 31.1 Å². The monoisotopic (exact) mass is 268 g/mol. The van der Waals surface area contributed by atoms with Crippen molar-refractivity contribution in [2.45, 2.75) is 20.8 Å². The highest BCUT2D eigenvalue weighted by Crippen LogP contribution is 2.21. The molecule has 0 aromatic carbocycles. The van der Waals surface area contributed by atoms with Crippen molar-refractivity contribution in [3.8, 4) is 0 Å². The molecule has 4 nitrogen and oxygen atoms in total. The smallest absolute Gasteiger partial charge is 0.317 e. The van der Waals surface area contributed by atoms with E-state index in [9.17, 15) is 14.4 Å². The zero-order chi connectivity index (χ0) is 13.7. The summed E-state index contributed by atoms with van der Waals surface area (Å²) in [7, 11) is 0. The molecule has 2 atom stereocenters. The van der Waals surface area contributed by atoms with E-state index in [1.165, 1.54) is 18.3 Å². The molecule has 1 heterocycles. The minimum absolute atomic E-state index is 0.196. The molecule has 5 heteroatoms. The van der Waals surface area contributed by atoms with Crippen LogP contribution < -0.4 is 0 Å². The van der Waals surface area contributed by atoms with Crippen LogP contribution in [0.2, 0.25) is 0 Å². The van der Waals surface area contributed by atoms with Crippen LogP contribution in [0.3, 0.4) is 0 Å². The van der Waals surface area contributed by atoms with Gasteiger partial charge in [0.1, 0.15) is 11.7 Å². The number of hydrogen-bond acceptors (Lipinski definition) is 5. The summed E-state index contributed by atoms with van der Waals surface area (Å²) < 4.78 is 4.84. The lowest BCUT2D eigenvalue weighted by Gasteiger charge is -2.18. The van der Waals surface area contributed by atoms with Crippen molar-refractivity contribution in [2.75, 3.05) is 6.61 Å². The summed E-state index contributed by atoms with van der Waals surface area (Å²) in [6, 6.07) is 1.69. The topological polar surface area (TPSA) is 60.4 Å². The number of rotatable bonds is 6. The van der Waals surface area contributed by atoms with E-state index in [1.807, 2.05) is 0 Å². The van der Waals surface area contributed by atoms with E-state index < -0.39 is 17.8 Å². The second-order valence-corrected chi connectivity index (χ2v) is 4.79. The van der Waals surface area contributed by atoms with E-state index >= 15 is 0 Å². The summed E-state index contributed by atoms with van der Waals surface area (Å²) in [4.78, 5) is 35.3. The number of ketones is 2. The molecule has 1 rings (SSSR count). The summed E-state index contributed by atoms with van der Waals surface area (Å²) in [5.41, 5.74) is 0.531. The molecular formula is C13H16O4S. The predicted molar refractivity (Wildman–Crippen MR) is 68.6 cm³/mol. The minimum atomic E-state index is -1.02. The van der Waals surface area contributed by atoms with Crippen molar-refractivity contribution in [3.63, 3.8) is 0 Å². The van der Waals surface area contributed by atoms with Gasteiger partial charge < -0.3 is 4.74 Å². The fourth-order valence-electron chi connectivity index (χ4n) is 1.77. The number of esters is 1. The molecule has 0 N–H and O–H groups in total. The second kappa shape index (κ2) is 6.44. The lowest BCUT2D eigenvalue weighted by molar-refractivity contribution is -0.152. The molecule has 0 saturated carbocycles. The van der Waals surface area contributed by atoms with Gasteiger partial charge in [0.05, 0.1) is 6.61 Å². The highest BCUT2D eigenvalue weighted by Gasteiger charge is 2.35. The Hall–Kier alpha value is -1.49. The predicted octanol–water partition coefficient (Wildman–Crippen LogP) is 2.34. The molecule has 0 aliphatic rings. The number of thiophene rings is 1. The number of ether oxygens (including phenoxy) is 1. The summed E-state index contributed by atoms with van der Waals surface area (Å²) in [5.74, 6) is -2.89. The van der Waals surface area contributed by atoms with E-state index in [1.54, 1.807) is 30.7 Å². The Morgan fingerprint density at radius 2 is 2.06 bits per heavy atom. The van der Waals surface area contributed by atoms with Crippen LogP contribution in [-0.2, 0) is 14.3 Å². The lowest BCUT2D eigenvalue weighted by Crippen LogP contribution is -2.34. The van der Waals surface area contributed by atoms with Gasteiger partial charge in [0.2, 0.25) is 0 Å². The van der Waals surface area contributed by atoms with Crippen LogP contribution in [0, 0.1) is 11.8 Å². The summed E-state index contributed by atoms with van der Waals surface area (Å²) >= 11 is 1.40. The molecule has 0 radical (unpaired) electrons. The Bertz CT molecular complexity index is 436. The van der Waals surface area contributed by atoms with Crippen molar-refractivity contribution in [1.82, 2.24) is 0 Å². The summed E-state index contributed by atoms with van der Waals surface area (Å²) in [5, 5.41) is 3.49. The first-order valence-corrected chi connectivity index (χ1v) is 6.66. The largest absolute Gasteiger partial charge is 0.465 e. The van der Waals surface area contributed by atoms with Crippen molar-refractivity contribution < 1.29 is 19.1 Å². The zero-order valence-corrected chi connectivity index (χ0v) is 11.5. The fourth-order valence-corrected chi connectivity index (χ4v) is 2.42. The Kier molecular flexibility index (Phi) is 5.22. The molecule has 0 spiro atoms. The Morgan fingerprint density at radius 3 is 2.50 bits per heavy atom. The standard InChI is InChI=1S/C13H16O4S/c1-4-17-13(16)11(9(3)14)8(2)12(15)10-5-6-18-7-10/h5-8,11H,4H2,1-3H3/t8-,11-/m1/s1. The average Bonchev–Trinajstić information content (AvgIpc) is 2.81. The van der Waals surface area contributed by atoms with Crippen molar-refractivity contribution in [3.05, 3.63) is 22.4 Å². The maximum atomic E-state index is 12.1. The van der Waals surface area contributed by atoms with E-state index in [-0.39, 0.29) is 18.2 Å². The molecule has 1 aromatic rings. The maximum Gasteiger partial charge on any atom is 0.317 e. The van der Waals surface area contributed by atoms with Gasteiger partial charge in [-0.1, -0.05) is 6.92 Å². The number of carbonyl (C=O) groups is 3. The van der Waals surface area contributed by atoms with E-state index in [0.29, 0.717) is 5.56 Å². The molecule has 0 bridgehead atoms. The first kappa shape index (κ1) is 14.6. The molecule has 0 unspecified atom stereocenters. The van der Waals surface area contributed by atoms with Crippen LogP contribution in [0.5, 0.6) is 0 Å². The first-order chi connectivity index (χ1) is 8.49. The van der Waals surface area contributed by atoms with Gasteiger partial charge in [-0.25, -0.2) is 0 Å². The lowest BCUT2D eigenvalue weighted by atomic mass is 9.85. The van der Waals surface area contributed by atoms with Gasteiger partial charge in [0, 0.05) is 16.9 Å². The molecule has 0 aliphatic carbocycles. The Labute approximate surface area is 110 Å². The van der Waals surface area contributed by atoms with E-state index in [4.69, 9.17) is 4.74 Å². The van der Waals surface area contributed by atoms with Crippen LogP contribution >= 0.6 is 11.3 Å². The second-order valence-electron chi connectivity index (χ2n) is 4.01. The normalized spacial score (nSPS) is 13.7. The van der Waals surface area contributed by atoms with Crippen LogP contribution in [0.15, 0.2) is 16.8 Å². The third kappa shape index (κ3) is 3.26. The van der Waals surface area contributed by atoms with Crippen molar-refractivity contribution >= 4 is 28.9 Å².